The van der Waals surface area contributed by atoms with Crippen molar-refractivity contribution in [1.82, 2.24) is 10.2 Å². The van der Waals surface area contributed by atoms with Crippen molar-refractivity contribution in [2.24, 2.45) is 10.9 Å². The molecular formula is C9H14BrN3. The van der Waals surface area contributed by atoms with Gasteiger partial charge in [-0.25, -0.2) is 0 Å². The Morgan fingerprint density at radius 2 is 2.46 bits per heavy atom. The number of halogens is 1. The Kier molecular flexibility index (Phi) is 2.69. The molecule has 2 rings (SSSR count). The number of nitrogens with zero attached hydrogens (tertiary/aromatic N) is 2. The first-order chi connectivity index (χ1) is 6.25. The Morgan fingerprint density at radius 1 is 1.69 bits per heavy atom. The van der Waals surface area contributed by atoms with E-state index < -0.39 is 0 Å². The van der Waals surface area contributed by atoms with Crippen LogP contribution in [0.1, 0.15) is 12.8 Å². The number of nitrogens with one attached hydrogen (secondary N) is 1. The molecule has 1 saturated carbocycles. The average molecular weight is 244 g/mol. The van der Waals surface area contributed by atoms with Gasteiger partial charge in [0.05, 0.1) is 4.48 Å². The molecular weight excluding hydrogens is 230 g/mol. The van der Waals surface area contributed by atoms with Gasteiger partial charge >= 0.3 is 0 Å². The Labute approximate surface area is 87.0 Å². The monoisotopic (exact) mass is 243 g/mol. The third-order valence-electron chi connectivity index (χ3n) is 2.34. The van der Waals surface area contributed by atoms with Gasteiger partial charge in [0.15, 0.2) is 6.29 Å². The molecule has 3 nitrogen and oxygen atoms in total. The Bertz CT molecular complexity index is 245. The van der Waals surface area contributed by atoms with Crippen molar-refractivity contribution in [2.75, 3.05) is 13.6 Å². The van der Waals surface area contributed by atoms with E-state index in [9.17, 15) is 0 Å². The van der Waals surface area contributed by atoms with Gasteiger partial charge in [0.1, 0.15) is 0 Å². The zero-order chi connectivity index (χ0) is 9.26. The molecule has 1 aliphatic carbocycles. The van der Waals surface area contributed by atoms with Crippen LogP contribution < -0.4 is 5.32 Å². The third kappa shape index (κ3) is 2.54. The number of allylic oxidation sites excluding steroid dienone is 1. The molecule has 2 aliphatic rings. The fourth-order valence-electron chi connectivity index (χ4n) is 1.34. The second-order valence-corrected chi connectivity index (χ2v) is 4.60. The van der Waals surface area contributed by atoms with Crippen LogP contribution in [0.25, 0.3) is 0 Å². The standard InChI is InChI=1S/C9H14BrN3/c1-13-6-8(10)5-12-9(13)11-4-7-2-3-7/h5-7,9,11H,2-4H2,1H3. The first-order valence-corrected chi connectivity index (χ1v) is 5.41. The van der Waals surface area contributed by atoms with E-state index in [1.54, 1.807) is 0 Å². The predicted molar refractivity (Wildman–Crippen MR) is 57.8 cm³/mol. The highest BCUT2D eigenvalue weighted by molar-refractivity contribution is 9.12. The van der Waals surface area contributed by atoms with Gasteiger partial charge in [0, 0.05) is 26.0 Å². The summed E-state index contributed by atoms with van der Waals surface area (Å²) >= 11 is 3.39. The fraction of sp³-hybridized carbons (Fsp3) is 0.667. The zero-order valence-corrected chi connectivity index (χ0v) is 9.29. The van der Waals surface area contributed by atoms with Gasteiger partial charge in [-0.2, -0.15) is 0 Å². The quantitative estimate of drug-likeness (QED) is 0.815. The molecule has 0 bridgehead atoms. The molecule has 0 aromatic heterocycles. The molecule has 1 aliphatic heterocycles. The lowest BCUT2D eigenvalue weighted by atomic mass is 10.4. The van der Waals surface area contributed by atoms with Crippen LogP contribution in [0.2, 0.25) is 0 Å². The highest BCUT2D eigenvalue weighted by Gasteiger charge is 2.23. The van der Waals surface area contributed by atoms with E-state index >= 15 is 0 Å². The number of hydrogen-bond donors (Lipinski definition) is 1. The number of hydrogen-bond acceptors (Lipinski definition) is 3. The normalized spacial score (nSPS) is 27.7. The molecule has 1 fully saturated rings. The first-order valence-electron chi connectivity index (χ1n) is 4.61. The van der Waals surface area contributed by atoms with E-state index in [0.29, 0.717) is 0 Å². The summed E-state index contributed by atoms with van der Waals surface area (Å²) in [5, 5.41) is 3.42. The zero-order valence-electron chi connectivity index (χ0n) is 7.70. The van der Waals surface area contributed by atoms with E-state index in [1.165, 1.54) is 12.8 Å². The van der Waals surface area contributed by atoms with Crippen molar-refractivity contribution in [3.63, 3.8) is 0 Å². The van der Waals surface area contributed by atoms with E-state index in [-0.39, 0.29) is 6.29 Å². The molecule has 0 radical (unpaired) electrons. The highest BCUT2D eigenvalue weighted by Crippen LogP contribution is 2.27. The number of aliphatic imine (C=N–C) groups is 1. The molecule has 13 heavy (non-hydrogen) atoms. The fourth-order valence-corrected chi connectivity index (χ4v) is 1.78. The second kappa shape index (κ2) is 3.80. The Morgan fingerprint density at radius 3 is 3.08 bits per heavy atom. The minimum atomic E-state index is 0.127. The topological polar surface area (TPSA) is 27.6 Å². The number of rotatable bonds is 3. The summed E-state index contributed by atoms with van der Waals surface area (Å²) in [6, 6.07) is 0. The largest absolute Gasteiger partial charge is 0.346 e. The Hall–Kier alpha value is -0.350. The van der Waals surface area contributed by atoms with Gasteiger partial charge in [-0.3, -0.25) is 10.3 Å². The van der Waals surface area contributed by atoms with E-state index in [0.717, 1.165) is 16.9 Å². The first kappa shape index (κ1) is 9.21. The van der Waals surface area contributed by atoms with E-state index in [1.807, 2.05) is 19.5 Å². The van der Waals surface area contributed by atoms with Crippen LogP contribution in [-0.2, 0) is 0 Å². The lowest BCUT2D eigenvalue weighted by molar-refractivity contribution is 0.279. The second-order valence-electron chi connectivity index (χ2n) is 3.68. The molecule has 1 atom stereocenters. The van der Waals surface area contributed by atoms with Crippen LogP contribution in [0.15, 0.2) is 15.7 Å². The van der Waals surface area contributed by atoms with Crippen LogP contribution in [0.4, 0.5) is 0 Å². The molecule has 1 heterocycles. The van der Waals surface area contributed by atoms with Gasteiger partial charge in [-0.15, -0.1) is 0 Å². The summed E-state index contributed by atoms with van der Waals surface area (Å²) in [5.41, 5.74) is 0. The molecule has 0 saturated heterocycles. The lowest BCUT2D eigenvalue weighted by Gasteiger charge is -2.27. The van der Waals surface area contributed by atoms with Crippen molar-refractivity contribution in [3.05, 3.63) is 10.7 Å². The maximum atomic E-state index is 4.37. The minimum absolute atomic E-state index is 0.127. The van der Waals surface area contributed by atoms with E-state index in [2.05, 4.69) is 31.1 Å². The minimum Gasteiger partial charge on any atom is -0.346 e. The van der Waals surface area contributed by atoms with Crippen molar-refractivity contribution >= 4 is 22.1 Å². The molecule has 0 amide bonds. The summed E-state index contributed by atoms with van der Waals surface area (Å²) in [5.74, 6) is 0.901. The van der Waals surface area contributed by atoms with Crippen molar-refractivity contribution in [1.29, 1.82) is 0 Å². The molecule has 1 N–H and O–H groups in total. The predicted octanol–water partition coefficient (Wildman–Crippen LogP) is 1.52. The Balaban J connectivity index is 1.82. The maximum Gasteiger partial charge on any atom is 0.175 e. The highest BCUT2D eigenvalue weighted by atomic mass is 79.9. The SMILES string of the molecule is CN1C=C(Br)C=NC1NCC1CC1. The van der Waals surface area contributed by atoms with Crippen LogP contribution in [0.3, 0.4) is 0 Å². The summed E-state index contributed by atoms with van der Waals surface area (Å²) in [4.78, 5) is 6.44. The lowest BCUT2D eigenvalue weighted by Crippen LogP contribution is -2.41. The summed E-state index contributed by atoms with van der Waals surface area (Å²) in [6.07, 6.45) is 6.78. The maximum absolute atomic E-state index is 4.37. The summed E-state index contributed by atoms with van der Waals surface area (Å²) in [6.45, 7) is 1.10. The molecule has 1 unspecified atom stereocenters. The summed E-state index contributed by atoms with van der Waals surface area (Å²) in [7, 11) is 2.03. The molecule has 72 valence electrons. The van der Waals surface area contributed by atoms with Crippen LogP contribution >= 0.6 is 15.9 Å². The molecule has 0 aromatic carbocycles. The van der Waals surface area contributed by atoms with Gasteiger partial charge in [0.2, 0.25) is 0 Å². The van der Waals surface area contributed by atoms with Gasteiger partial charge in [0.25, 0.3) is 0 Å². The summed E-state index contributed by atoms with van der Waals surface area (Å²) < 4.78 is 1.03. The van der Waals surface area contributed by atoms with Gasteiger partial charge in [-0.05, 0) is 34.7 Å². The van der Waals surface area contributed by atoms with Crippen LogP contribution in [0, 0.1) is 5.92 Å². The van der Waals surface area contributed by atoms with Crippen molar-refractivity contribution < 1.29 is 0 Å². The van der Waals surface area contributed by atoms with E-state index in [4.69, 9.17) is 0 Å². The van der Waals surface area contributed by atoms with Crippen LogP contribution in [-0.4, -0.2) is 31.0 Å². The average Bonchev–Trinajstić information content (AvgIpc) is 2.86. The van der Waals surface area contributed by atoms with Gasteiger partial charge < -0.3 is 4.90 Å². The molecule has 0 aromatic rings. The third-order valence-corrected chi connectivity index (χ3v) is 2.75. The van der Waals surface area contributed by atoms with Crippen LogP contribution in [0.5, 0.6) is 0 Å². The van der Waals surface area contributed by atoms with Gasteiger partial charge in [-0.1, -0.05) is 0 Å². The smallest absolute Gasteiger partial charge is 0.175 e. The van der Waals surface area contributed by atoms with Crippen molar-refractivity contribution in [3.8, 4) is 0 Å². The van der Waals surface area contributed by atoms with Crippen molar-refractivity contribution in [2.45, 2.75) is 19.1 Å². The molecule has 0 spiro atoms. The molecule has 4 heteroatoms.